The average molecular weight is 262 g/mol. The summed E-state index contributed by atoms with van der Waals surface area (Å²) in [5.74, 6) is -0.998. The maximum Gasteiger partial charge on any atom is 0.326 e. The van der Waals surface area contributed by atoms with Crippen LogP contribution in [0.4, 0.5) is 4.79 Å². The molecule has 1 aromatic carbocycles. The molecule has 0 spiro atoms. The van der Waals surface area contributed by atoms with Crippen LogP contribution in [0.15, 0.2) is 30.3 Å². The predicted molar refractivity (Wildman–Crippen MR) is 70.9 cm³/mol. The van der Waals surface area contributed by atoms with E-state index >= 15 is 0 Å². The van der Waals surface area contributed by atoms with E-state index in [1.54, 1.807) is 0 Å². The number of carboxylic acids is 1. The first kappa shape index (κ1) is 13.4. The minimum atomic E-state index is -0.998. The van der Waals surface area contributed by atoms with E-state index in [-0.39, 0.29) is 12.1 Å². The number of benzene rings is 1. The molecule has 2 amide bonds. The van der Waals surface area contributed by atoms with Gasteiger partial charge in [0.25, 0.3) is 0 Å². The summed E-state index contributed by atoms with van der Waals surface area (Å²) in [4.78, 5) is 22.6. The molecular weight excluding hydrogens is 244 g/mol. The lowest BCUT2D eigenvalue weighted by Gasteiger charge is -2.15. The van der Waals surface area contributed by atoms with Crippen LogP contribution in [0, 0.1) is 0 Å². The van der Waals surface area contributed by atoms with Gasteiger partial charge in [0.05, 0.1) is 0 Å². The maximum absolute atomic E-state index is 11.5. The van der Waals surface area contributed by atoms with Gasteiger partial charge < -0.3 is 15.7 Å². The molecule has 5 nitrogen and oxygen atoms in total. The second kappa shape index (κ2) is 6.22. The molecule has 0 aliphatic heterocycles. The van der Waals surface area contributed by atoms with Gasteiger partial charge in [-0.3, -0.25) is 0 Å². The van der Waals surface area contributed by atoms with Gasteiger partial charge in [0, 0.05) is 6.04 Å². The molecular formula is C14H18N2O3. The lowest BCUT2D eigenvalue weighted by Crippen LogP contribution is -2.46. The molecule has 3 N–H and O–H groups in total. The zero-order valence-corrected chi connectivity index (χ0v) is 10.6. The number of carbonyl (C=O) groups excluding carboxylic acids is 1. The zero-order valence-electron chi connectivity index (χ0n) is 10.6. The highest BCUT2D eigenvalue weighted by Gasteiger charge is 2.26. The number of carbonyl (C=O) groups is 2. The van der Waals surface area contributed by atoms with Crippen LogP contribution in [-0.4, -0.2) is 29.2 Å². The second-order valence-corrected chi connectivity index (χ2v) is 4.81. The molecule has 19 heavy (non-hydrogen) atoms. The van der Waals surface area contributed by atoms with Crippen LogP contribution >= 0.6 is 0 Å². The van der Waals surface area contributed by atoms with Gasteiger partial charge >= 0.3 is 12.0 Å². The number of carboxylic acid groups (broad SMARTS) is 1. The van der Waals surface area contributed by atoms with Gasteiger partial charge in [-0.05, 0) is 31.2 Å². The molecule has 0 bridgehead atoms. The van der Waals surface area contributed by atoms with Crippen molar-refractivity contribution in [2.24, 2.45) is 0 Å². The fourth-order valence-corrected chi connectivity index (χ4v) is 1.83. The van der Waals surface area contributed by atoms with E-state index in [2.05, 4.69) is 10.6 Å². The Morgan fingerprint density at radius 2 is 1.95 bits per heavy atom. The first-order chi connectivity index (χ1) is 9.15. The predicted octanol–water partition coefficient (Wildman–Crippen LogP) is 1.53. The monoisotopic (exact) mass is 262 g/mol. The highest BCUT2D eigenvalue weighted by Crippen LogP contribution is 2.18. The molecule has 2 rings (SSSR count). The van der Waals surface area contributed by atoms with Crippen molar-refractivity contribution in [3.8, 4) is 0 Å². The molecule has 1 fully saturated rings. The molecule has 102 valence electrons. The standard InChI is InChI=1S/C14H18N2O3/c17-13(18)12(16-14(19)15-11-7-8-11)9-6-10-4-2-1-3-5-10/h1-5,11-12H,6-9H2,(H,17,18)(H2,15,16,19). The average Bonchev–Trinajstić information content (AvgIpc) is 3.19. The zero-order chi connectivity index (χ0) is 13.7. The van der Waals surface area contributed by atoms with Crippen molar-refractivity contribution in [3.05, 3.63) is 35.9 Å². The van der Waals surface area contributed by atoms with Gasteiger partial charge in [0.15, 0.2) is 0 Å². The number of aryl methyl sites for hydroxylation is 1. The summed E-state index contributed by atoms with van der Waals surface area (Å²) in [6, 6.07) is 8.63. The van der Waals surface area contributed by atoms with Gasteiger partial charge in [-0.15, -0.1) is 0 Å². The smallest absolute Gasteiger partial charge is 0.326 e. The third-order valence-electron chi connectivity index (χ3n) is 3.08. The van der Waals surface area contributed by atoms with Crippen LogP contribution in [0.3, 0.4) is 0 Å². The Morgan fingerprint density at radius 3 is 2.53 bits per heavy atom. The van der Waals surface area contributed by atoms with E-state index in [9.17, 15) is 9.59 Å². The van der Waals surface area contributed by atoms with Gasteiger partial charge in [0.2, 0.25) is 0 Å². The number of nitrogens with one attached hydrogen (secondary N) is 2. The summed E-state index contributed by atoms with van der Waals surface area (Å²) in [6.45, 7) is 0. The third kappa shape index (κ3) is 4.62. The summed E-state index contributed by atoms with van der Waals surface area (Å²) in [5.41, 5.74) is 1.07. The molecule has 0 heterocycles. The number of amides is 2. The Kier molecular flexibility index (Phi) is 4.39. The van der Waals surface area contributed by atoms with Crippen molar-refractivity contribution in [1.29, 1.82) is 0 Å². The van der Waals surface area contributed by atoms with E-state index < -0.39 is 12.0 Å². The maximum atomic E-state index is 11.5. The molecule has 1 saturated carbocycles. The number of aliphatic carboxylic acids is 1. The Balaban J connectivity index is 1.81. The number of hydrogen-bond acceptors (Lipinski definition) is 2. The first-order valence-corrected chi connectivity index (χ1v) is 6.49. The minimum Gasteiger partial charge on any atom is -0.480 e. The fourth-order valence-electron chi connectivity index (χ4n) is 1.83. The van der Waals surface area contributed by atoms with Gasteiger partial charge in [0.1, 0.15) is 6.04 Å². The van der Waals surface area contributed by atoms with E-state index in [0.717, 1.165) is 18.4 Å². The minimum absolute atomic E-state index is 0.226. The topological polar surface area (TPSA) is 78.4 Å². The van der Waals surface area contributed by atoms with E-state index in [0.29, 0.717) is 12.8 Å². The Hall–Kier alpha value is -2.04. The van der Waals surface area contributed by atoms with E-state index in [1.165, 1.54) is 0 Å². The number of urea groups is 1. The van der Waals surface area contributed by atoms with Crippen molar-refractivity contribution >= 4 is 12.0 Å². The van der Waals surface area contributed by atoms with Crippen LogP contribution < -0.4 is 10.6 Å². The van der Waals surface area contributed by atoms with Crippen LogP contribution in [0.25, 0.3) is 0 Å². The largest absolute Gasteiger partial charge is 0.480 e. The summed E-state index contributed by atoms with van der Waals surface area (Å²) in [7, 11) is 0. The van der Waals surface area contributed by atoms with Crippen molar-refractivity contribution in [1.82, 2.24) is 10.6 Å². The Labute approximate surface area is 112 Å². The quantitative estimate of drug-likeness (QED) is 0.727. The molecule has 0 radical (unpaired) electrons. The number of rotatable bonds is 6. The summed E-state index contributed by atoms with van der Waals surface area (Å²) >= 11 is 0. The summed E-state index contributed by atoms with van der Waals surface area (Å²) in [6.07, 6.45) is 2.98. The fraction of sp³-hybridized carbons (Fsp3) is 0.429. The molecule has 1 aromatic rings. The van der Waals surface area contributed by atoms with Crippen LogP contribution in [-0.2, 0) is 11.2 Å². The van der Waals surface area contributed by atoms with E-state index in [1.807, 2.05) is 30.3 Å². The van der Waals surface area contributed by atoms with Crippen molar-refractivity contribution < 1.29 is 14.7 Å². The highest BCUT2D eigenvalue weighted by molar-refractivity contribution is 5.82. The second-order valence-electron chi connectivity index (χ2n) is 4.81. The van der Waals surface area contributed by atoms with Crippen molar-refractivity contribution in [3.63, 3.8) is 0 Å². The SMILES string of the molecule is O=C(NC1CC1)NC(CCc1ccccc1)C(=O)O. The van der Waals surface area contributed by atoms with Crippen molar-refractivity contribution in [2.75, 3.05) is 0 Å². The first-order valence-electron chi connectivity index (χ1n) is 6.49. The molecule has 1 aliphatic carbocycles. The van der Waals surface area contributed by atoms with Crippen LogP contribution in [0.5, 0.6) is 0 Å². The Morgan fingerprint density at radius 1 is 1.26 bits per heavy atom. The van der Waals surface area contributed by atoms with Crippen molar-refractivity contribution in [2.45, 2.75) is 37.8 Å². The molecule has 1 unspecified atom stereocenters. The normalized spacial score (nSPS) is 15.6. The van der Waals surface area contributed by atoms with Gasteiger partial charge in [-0.25, -0.2) is 9.59 Å². The lowest BCUT2D eigenvalue weighted by molar-refractivity contribution is -0.139. The van der Waals surface area contributed by atoms with Crippen LogP contribution in [0.2, 0.25) is 0 Å². The lowest BCUT2D eigenvalue weighted by atomic mass is 10.1. The van der Waals surface area contributed by atoms with Gasteiger partial charge in [-0.2, -0.15) is 0 Å². The molecule has 5 heteroatoms. The van der Waals surface area contributed by atoms with Gasteiger partial charge in [-0.1, -0.05) is 30.3 Å². The Bertz CT molecular complexity index is 443. The summed E-state index contributed by atoms with van der Waals surface area (Å²) < 4.78 is 0. The molecule has 1 atom stereocenters. The highest BCUT2D eigenvalue weighted by atomic mass is 16.4. The third-order valence-corrected chi connectivity index (χ3v) is 3.08. The molecule has 0 aromatic heterocycles. The number of hydrogen-bond donors (Lipinski definition) is 3. The summed E-state index contributed by atoms with van der Waals surface area (Å²) in [5, 5.41) is 14.3. The van der Waals surface area contributed by atoms with E-state index in [4.69, 9.17) is 5.11 Å². The van der Waals surface area contributed by atoms with Crippen LogP contribution in [0.1, 0.15) is 24.8 Å². The molecule has 1 aliphatic rings. The molecule has 0 saturated heterocycles.